The summed E-state index contributed by atoms with van der Waals surface area (Å²) in [6.07, 6.45) is 8.39. The van der Waals surface area contributed by atoms with Crippen LogP contribution < -0.4 is 5.73 Å². The zero-order valence-corrected chi connectivity index (χ0v) is 12.5. The molecule has 2 aromatic carbocycles. The highest BCUT2D eigenvalue weighted by atomic mass is 16.1. The summed E-state index contributed by atoms with van der Waals surface area (Å²) in [6.45, 7) is 0. The van der Waals surface area contributed by atoms with Crippen molar-refractivity contribution in [2.45, 2.75) is 25.7 Å². The lowest BCUT2D eigenvalue weighted by Crippen LogP contribution is -2.41. The molecule has 1 fully saturated rings. The lowest BCUT2D eigenvalue weighted by molar-refractivity contribution is -0.130. The van der Waals surface area contributed by atoms with Gasteiger partial charge in [0, 0.05) is 17.5 Å². The molecule has 0 heterocycles. The number of hydrogen-bond donors (Lipinski definition) is 1. The third-order valence-corrected chi connectivity index (χ3v) is 6.10. The number of carbonyl (C=O) groups is 1. The Morgan fingerprint density at radius 2 is 1.91 bits per heavy atom. The maximum Gasteiger partial charge on any atom is 0.144 e. The first-order chi connectivity index (χ1) is 10.6. The summed E-state index contributed by atoms with van der Waals surface area (Å²) in [7, 11) is 0. The van der Waals surface area contributed by atoms with Crippen LogP contribution in [0.2, 0.25) is 0 Å². The van der Waals surface area contributed by atoms with Crippen LogP contribution in [0.5, 0.6) is 0 Å². The van der Waals surface area contributed by atoms with Crippen molar-refractivity contribution < 1.29 is 4.79 Å². The molecular weight excluding hydrogens is 270 g/mol. The number of nitrogens with two attached hydrogens (primary N) is 1. The summed E-state index contributed by atoms with van der Waals surface area (Å²) in [4.78, 5) is 12.9. The Labute approximate surface area is 130 Å². The molecule has 1 spiro atoms. The van der Waals surface area contributed by atoms with E-state index in [0.717, 1.165) is 23.9 Å². The van der Waals surface area contributed by atoms with Crippen LogP contribution in [0.4, 0.5) is 5.69 Å². The lowest BCUT2D eigenvalue weighted by atomic mass is 9.63. The van der Waals surface area contributed by atoms with Crippen LogP contribution in [0, 0.1) is 17.3 Å². The van der Waals surface area contributed by atoms with Crippen molar-refractivity contribution >= 4 is 22.2 Å². The van der Waals surface area contributed by atoms with E-state index in [1.54, 1.807) is 0 Å². The SMILES string of the molecule is Nc1ccc2cc3c(cc2c1)CC(=O)C1(C3)CC2C=CC1C2. The van der Waals surface area contributed by atoms with Crippen LogP contribution >= 0.6 is 0 Å². The average molecular weight is 289 g/mol. The molecule has 2 heteroatoms. The summed E-state index contributed by atoms with van der Waals surface area (Å²) in [5.41, 5.74) is 9.15. The summed E-state index contributed by atoms with van der Waals surface area (Å²) >= 11 is 0. The maximum atomic E-state index is 12.9. The number of anilines is 1. The lowest BCUT2D eigenvalue weighted by Gasteiger charge is -2.38. The van der Waals surface area contributed by atoms with E-state index in [1.165, 1.54) is 22.9 Å². The van der Waals surface area contributed by atoms with Gasteiger partial charge in [-0.2, -0.15) is 0 Å². The number of hydrogen-bond acceptors (Lipinski definition) is 2. The van der Waals surface area contributed by atoms with Crippen molar-refractivity contribution in [3.05, 3.63) is 53.6 Å². The molecule has 22 heavy (non-hydrogen) atoms. The Kier molecular flexibility index (Phi) is 2.27. The number of allylic oxidation sites excluding steroid dienone is 2. The third-order valence-electron chi connectivity index (χ3n) is 6.10. The van der Waals surface area contributed by atoms with Gasteiger partial charge in [0.1, 0.15) is 5.78 Å². The number of carbonyl (C=O) groups excluding carboxylic acids is 1. The monoisotopic (exact) mass is 289 g/mol. The highest BCUT2D eigenvalue weighted by Crippen LogP contribution is 2.56. The number of Topliss-reactive ketones (excluding diaryl/α,β-unsaturated/α-hetero) is 1. The molecule has 0 radical (unpaired) electrons. The van der Waals surface area contributed by atoms with Crippen molar-refractivity contribution in [2.24, 2.45) is 17.3 Å². The first-order valence-corrected chi connectivity index (χ1v) is 8.17. The molecule has 3 aliphatic carbocycles. The average Bonchev–Trinajstić information content (AvgIpc) is 3.08. The number of nitrogen functional groups attached to an aromatic ring is 1. The molecule has 0 amide bonds. The predicted octanol–water partition coefficient (Wildman–Crippen LogP) is 3.67. The summed E-state index contributed by atoms with van der Waals surface area (Å²) < 4.78 is 0. The number of rotatable bonds is 0. The molecule has 0 saturated heterocycles. The van der Waals surface area contributed by atoms with Gasteiger partial charge in [-0.1, -0.05) is 30.4 Å². The van der Waals surface area contributed by atoms with Crippen molar-refractivity contribution in [3.8, 4) is 0 Å². The Hall–Kier alpha value is -2.09. The maximum absolute atomic E-state index is 12.9. The van der Waals surface area contributed by atoms with Gasteiger partial charge in [0.2, 0.25) is 0 Å². The molecule has 3 unspecified atom stereocenters. The van der Waals surface area contributed by atoms with Gasteiger partial charge < -0.3 is 5.73 Å². The second-order valence-corrected chi connectivity index (χ2v) is 7.35. The Morgan fingerprint density at radius 1 is 1.05 bits per heavy atom. The van der Waals surface area contributed by atoms with Gasteiger partial charge in [0.05, 0.1) is 0 Å². The zero-order valence-electron chi connectivity index (χ0n) is 12.5. The minimum absolute atomic E-state index is 0.103. The minimum Gasteiger partial charge on any atom is -0.399 e. The molecule has 3 aliphatic rings. The number of fused-ring (bicyclic) bond motifs is 5. The second kappa shape index (κ2) is 4.01. The van der Waals surface area contributed by atoms with E-state index in [9.17, 15) is 4.79 Å². The molecule has 2 bridgehead atoms. The molecule has 2 N–H and O–H groups in total. The normalized spacial score (nSPS) is 32.1. The van der Waals surface area contributed by atoms with Gasteiger partial charge in [-0.05, 0) is 65.1 Å². The molecule has 0 aromatic heterocycles. The summed E-state index contributed by atoms with van der Waals surface area (Å²) in [5.74, 6) is 1.57. The van der Waals surface area contributed by atoms with E-state index in [2.05, 4.69) is 30.4 Å². The summed E-state index contributed by atoms with van der Waals surface area (Å²) in [6, 6.07) is 10.5. The molecule has 2 nitrogen and oxygen atoms in total. The highest BCUT2D eigenvalue weighted by Gasteiger charge is 2.54. The molecular formula is C20H19NO. The van der Waals surface area contributed by atoms with Crippen LogP contribution in [0.3, 0.4) is 0 Å². The Balaban J connectivity index is 1.65. The van der Waals surface area contributed by atoms with E-state index in [4.69, 9.17) is 5.73 Å². The topological polar surface area (TPSA) is 43.1 Å². The van der Waals surface area contributed by atoms with E-state index in [-0.39, 0.29) is 5.41 Å². The van der Waals surface area contributed by atoms with Gasteiger partial charge >= 0.3 is 0 Å². The number of ketones is 1. The van der Waals surface area contributed by atoms with E-state index in [1.807, 2.05) is 12.1 Å². The van der Waals surface area contributed by atoms with Gasteiger partial charge in [-0.15, -0.1) is 0 Å². The predicted molar refractivity (Wildman–Crippen MR) is 88.6 cm³/mol. The fourth-order valence-electron chi connectivity index (χ4n) is 5.01. The van der Waals surface area contributed by atoms with Crippen molar-refractivity contribution in [1.29, 1.82) is 0 Å². The molecule has 110 valence electrons. The first kappa shape index (κ1) is 12.5. The zero-order chi connectivity index (χ0) is 14.9. The fourth-order valence-corrected chi connectivity index (χ4v) is 5.01. The van der Waals surface area contributed by atoms with Crippen molar-refractivity contribution in [1.82, 2.24) is 0 Å². The van der Waals surface area contributed by atoms with Crippen LogP contribution in [0.25, 0.3) is 10.8 Å². The van der Waals surface area contributed by atoms with Crippen LogP contribution in [-0.4, -0.2) is 5.78 Å². The second-order valence-electron chi connectivity index (χ2n) is 7.35. The van der Waals surface area contributed by atoms with Gasteiger partial charge in [-0.3, -0.25) is 4.79 Å². The van der Waals surface area contributed by atoms with Gasteiger partial charge in [-0.25, -0.2) is 0 Å². The fraction of sp³-hybridized carbons (Fsp3) is 0.350. The molecule has 1 saturated carbocycles. The van der Waals surface area contributed by atoms with Crippen LogP contribution in [0.1, 0.15) is 24.0 Å². The molecule has 5 rings (SSSR count). The largest absolute Gasteiger partial charge is 0.399 e. The summed E-state index contributed by atoms with van der Waals surface area (Å²) in [5, 5.41) is 2.38. The van der Waals surface area contributed by atoms with Crippen LogP contribution in [0.15, 0.2) is 42.5 Å². The molecule has 3 atom stereocenters. The first-order valence-electron chi connectivity index (χ1n) is 8.17. The Bertz CT molecular complexity index is 850. The third kappa shape index (κ3) is 1.53. The minimum atomic E-state index is -0.103. The highest BCUT2D eigenvalue weighted by molar-refractivity contribution is 5.94. The van der Waals surface area contributed by atoms with Crippen LogP contribution in [-0.2, 0) is 17.6 Å². The van der Waals surface area contributed by atoms with E-state index < -0.39 is 0 Å². The van der Waals surface area contributed by atoms with Gasteiger partial charge in [0.15, 0.2) is 0 Å². The number of benzene rings is 2. The Morgan fingerprint density at radius 3 is 2.68 bits per heavy atom. The van der Waals surface area contributed by atoms with Gasteiger partial charge in [0.25, 0.3) is 0 Å². The molecule has 2 aromatic rings. The van der Waals surface area contributed by atoms with Crippen molar-refractivity contribution in [2.75, 3.05) is 5.73 Å². The van der Waals surface area contributed by atoms with Crippen molar-refractivity contribution in [3.63, 3.8) is 0 Å². The molecule has 0 aliphatic heterocycles. The van der Waals surface area contributed by atoms with E-state index in [0.29, 0.717) is 24.0 Å². The van der Waals surface area contributed by atoms with E-state index >= 15 is 0 Å². The smallest absolute Gasteiger partial charge is 0.144 e. The standard InChI is InChI=1S/C20H19NO/c21-18-4-2-13-6-16-11-20(10-12-1-3-17(20)5-12)19(22)9-15(16)7-14(13)8-18/h1-4,6-8,12,17H,5,9-11,21H2. The quantitative estimate of drug-likeness (QED) is 0.594.